The van der Waals surface area contributed by atoms with Crippen molar-refractivity contribution in [3.8, 4) is 5.75 Å². The SMILES string of the molecule is CC(O)c1ccc(OCC(=O)N2CCCCCC2)cc1. The Balaban J connectivity index is 1.83. The van der Waals surface area contributed by atoms with Crippen LogP contribution < -0.4 is 4.74 Å². The van der Waals surface area contributed by atoms with E-state index in [1.54, 1.807) is 19.1 Å². The lowest BCUT2D eigenvalue weighted by Crippen LogP contribution is -2.35. The number of carbonyl (C=O) groups is 1. The van der Waals surface area contributed by atoms with Crippen molar-refractivity contribution in [3.63, 3.8) is 0 Å². The molecule has 1 aliphatic rings. The van der Waals surface area contributed by atoms with Crippen molar-refractivity contribution < 1.29 is 14.6 Å². The Morgan fingerprint density at radius 1 is 1.20 bits per heavy atom. The second-order valence-electron chi connectivity index (χ2n) is 5.33. The molecule has 1 amide bonds. The number of nitrogens with zero attached hydrogens (tertiary/aromatic N) is 1. The van der Waals surface area contributed by atoms with Crippen LogP contribution >= 0.6 is 0 Å². The summed E-state index contributed by atoms with van der Waals surface area (Å²) >= 11 is 0. The molecule has 1 heterocycles. The highest BCUT2D eigenvalue weighted by Gasteiger charge is 2.15. The lowest BCUT2D eigenvalue weighted by atomic mass is 10.1. The third-order valence-corrected chi connectivity index (χ3v) is 3.68. The van der Waals surface area contributed by atoms with Gasteiger partial charge in [-0.05, 0) is 37.5 Å². The van der Waals surface area contributed by atoms with E-state index < -0.39 is 6.10 Å². The number of hydrogen-bond acceptors (Lipinski definition) is 3. The first-order valence-corrected chi connectivity index (χ1v) is 7.35. The van der Waals surface area contributed by atoms with E-state index in [0.29, 0.717) is 5.75 Å². The first-order chi connectivity index (χ1) is 9.66. The first kappa shape index (κ1) is 14.9. The van der Waals surface area contributed by atoms with Gasteiger partial charge in [-0.1, -0.05) is 25.0 Å². The van der Waals surface area contributed by atoms with Crippen LogP contribution in [0.5, 0.6) is 5.75 Å². The Hall–Kier alpha value is -1.55. The number of rotatable bonds is 4. The Labute approximate surface area is 120 Å². The predicted molar refractivity (Wildman–Crippen MR) is 77.6 cm³/mol. The highest BCUT2D eigenvalue weighted by molar-refractivity contribution is 5.77. The maximum Gasteiger partial charge on any atom is 0.260 e. The lowest BCUT2D eigenvalue weighted by molar-refractivity contribution is -0.133. The van der Waals surface area contributed by atoms with Crippen molar-refractivity contribution >= 4 is 5.91 Å². The Morgan fingerprint density at radius 3 is 2.35 bits per heavy atom. The summed E-state index contributed by atoms with van der Waals surface area (Å²) in [6.07, 6.45) is 4.13. The van der Waals surface area contributed by atoms with Crippen molar-refractivity contribution in [2.45, 2.75) is 38.7 Å². The van der Waals surface area contributed by atoms with Crippen LogP contribution in [-0.2, 0) is 4.79 Å². The van der Waals surface area contributed by atoms with E-state index in [1.807, 2.05) is 17.0 Å². The minimum atomic E-state index is -0.484. The molecule has 0 bridgehead atoms. The largest absolute Gasteiger partial charge is 0.484 e. The first-order valence-electron chi connectivity index (χ1n) is 7.35. The zero-order valence-electron chi connectivity index (χ0n) is 12.0. The van der Waals surface area contributed by atoms with Crippen molar-refractivity contribution in [2.24, 2.45) is 0 Å². The smallest absolute Gasteiger partial charge is 0.260 e. The second-order valence-corrected chi connectivity index (χ2v) is 5.33. The Morgan fingerprint density at radius 2 is 1.80 bits per heavy atom. The summed E-state index contributed by atoms with van der Waals surface area (Å²) in [5.74, 6) is 0.726. The molecule has 1 aromatic rings. The van der Waals surface area contributed by atoms with E-state index in [9.17, 15) is 9.90 Å². The average Bonchev–Trinajstić information content (AvgIpc) is 2.74. The molecule has 0 spiro atoms. The molecular formula is C16H23NO3. The van der Waals surface area contributed by atoms with Crippen LogP contribution in [0.15, 0.2) is 24.3 Å². The van der Waals surface area contributed by atoms with Gasteiger partial charge < -0.3 is 14.7 Å². The zero-order chi connectivity index (χ0) is 14.4. The van der Waals surface area contributed by atoms with Gasteiger partial charge in [0, 0.05) is 13.1 Å². The van der Waals surface area contributed by atoms with Crippen molar-refractivity contribution in [1.82, 2.24) is 4.90 Å². The van der Waals surface area contributed by atoms with Gasteiger partial charge >= 0.3 is 0 Å². The quantitative estimate of drug-likeness (QED) is 0.920. The Bertz CT molecular complexity index is 420. The molecular weight excluding hydrogens is 254 g/mol. The fourth-order valence-corrected chi connectivity index (χ4v) is 2.40. The third-order valence-electron chi connectivity index (χ3n) is 3.68. The summed E-state index contributed by atoms with van der Waals surface area (Å²) in [6.45, 7) is 3.51. The lowest BCUT2D eigenvalue weighted by Gasteiger charge is -2.20. The van der Waals surface area contributed by atoms with Gasteiger partial charge in [0.1, 0.15) is 5.75 Å². The molecule has 1 unspecified atom stereocenters. The molecule has 0 aliphatic carbocycles. The van der Waals surface area contributed by atoms with E-state index in [4.69, 9.17) is 4.74 Å². The number of ether oxygens (including phenoxy) is 1. The van der Waals surface area contributed by atoms with Crippen LogP contribution in [0.1, 0.15) is 44.3 Å². The maximum absolute atomic E-state index is 12.1. The van der Waals surface area contributed by atoms with Crippen LogP contribution in [0, 0.1) is 0 Å². The van der Waals surface area contributed by atoms with Gasteiger partial charge in [0.2, 0.25) is 0 Å². The van der Waals surface area contributed by atoms with Crippen LogP contribution in [-0.4, -0.2) is 35.6 Å². The summed E-state index contributed by atoms with van der Waals surface area (Å²) in [7, 11) is 0. The molecule has 20 heavy (non-hydrogen) atoms. The topological polar surface area (TPSA) is 49.8 Å². The van der Waals surface area contributed by atoms with E-state index in [2.05, 4.69) is 0 Å². The van der Waals surface area contributed by atoms with E-state index in [1.165, 1.54) is 12.8 Å². The van der Waals surface area contributed by atoms with Crippen LogP contribution in [0.3, 0.4) is 0 Å². The summed E-state index contributed by atoms with van der Waals surface area (Å²) < 4.78 is 5.52. The molecule has 0 saturated carbocycles. The molecule has 4 heteroatoms. The van der Waals surface area contributed by atoms with Gasteiger partial charge in [-0.2, -0.15) is 0 Å². The molecule has 4 nitrogen and oxygen atoms in total. The number of carbonyl (C=O) groups excluding carboxylic acids is 1. The molecule has 2 rings (SSSR count). The second kappa shape index (κ2) is 7.29. The van der Waals surface area contributed by atoms with Crippen LogP contribution in [0.25, 0.3) is 0 Å². The maximum atomic E-state index is 12.1. The number of hydrogen-bond donors (Lipinski definition) is 1. The minimum Gasteiger partial charge on any atom is -0.484 e. The Kier molecular flexibility index (Phi) is 5.41. The summed E-state index contributed by atoms with van der Waals surface area (Å²) in [5, 5.41) is 9.43. The number of amides is 1. The number of aliphatic hydroxyl groups excluding tert-OH is 1. The van der Waals surface area contributed by atoms with Gasteiger partial charge in [-0.25, -0.2) is 0 Å². The zero-order valence-corrected chi connectivity index (χ0v) is 12.0. The van der Waals surface area contributed by atoms with Gasteiger partial charge in [-0.3, -0.25) is 4.79 Å². The number of aliphatic hydroxyl groups is 1. The van der Waals surface area contributed by atoms with E-state index in [0.717, 1.165) is 31.5 Å². The predicted octanol–water partition coefficient (Wildman–Crippen LogP) is 2.52. The molecule has 0 radical (unpaired) electrons. The van der Waals surface area contributed by atoms with E-state index in [-0.39, 0.29) is 12.5 Å². The monoisotopic (exact) mass is 277 g/mol. The third kappa shape index (κ3) is 4.23. The molecule has 0 aromatic heterocycles. The molecule has 1 N–H and O–H groups in total. The number of benzene rings is 1. The van der Waals surface area contributed by atoms with Crippen LogP contribution in [0.2, 0.25) is 0 Å². The molecule has 1 atom stereocenters. The van der Waals surface area contributed by atoms with Crippen molar-refractivity contribution in [3.05, 3.63) is 29.8 Å². The standard InChI is InChI=1S/C16H23NO3/c1-13(18)14-6-8-15(9-7-14)20-12-16(19)17-10-4-2-3-5-11-17/h6-9,13,18H,2-5,10-12H2,1H3. The molecule has 110 valence electrons. The average molecular weight is 277 g/mol. The molecule has 1 aliphatic heterocycles. The summed E-state index contributed by atoms with van der Waals surface area (Å²) in [5.41, 5.74) is 0.844. The highest BCUT2D eigenvalue weighted by atomic mass is 16.5. The van der Waals surface area contributed by atoms with Gasteiger partial charge in [-0.15, -0.1) is 0 Å². The fraction of sp³-hybridized carbons (Fsp3) is 0.562. The fourth-order valence-electron chi connectivity index (χ4n) is 2.40. The van der Waals surface area contributed by atoms with E-state index >= 15 is 0 Å². The molecule has 1 saturated heterocycles. The highest BCUT2D eigenvalue weighted by Crippen LogP contribution is 2.17. The van der Waals surface area contributed by atoms with Gasteiger partial charge in [0.15, 0.2) is 6.61 Å². The molecule has 1 aromatic carbocycles. The number of likely N-dealkylation sites (tertiary alicyclic amines) is 1. The van der Waals surface area contributed by atoms with Crippen LogP contribution in [0.4, 0.5) is 0 Å². The van der Waals surface area contributed by atoms with Crippen molar-refractivity contribution in [2.75, 3.05) is 19.7 Å². The van der Waals surface area contributed by atoms with Crippen molar-refractivity contribution in [1.29, 1.82) is 0 Å². The van der Waals surface area contributed by atoms with Gasteiger partial charge in [0.05, 0.1) is 6.10 Å². The molecule has 1 fully saturated rings. The van der Waals surface area contributed by atoms with Gasteiger partial charge in [0.25, 0.3) is 5.91 Å². The summed E-state index contributed by atoms with van der Waals surface area (Å²) in [6, 6.07) is 7.21. The minimum absolute atomic E-state index is 0.0616. The normalized spacial score (nSPS) is 17.4. The summed E-state index contributed by atoms with van der Waals surface area (Å²) in [4.78, 5) is 14.0.